The molecule has 0 atom stereocenters. The highest BCUT2D eigenvalue weighted by Gasteiger charge is 2.19. The zero-order chi connectivity index (χ0) is 10.7. The van der Waals surface area contributed by atoms with Crippen LogP contribution in [0.2, 0.25) is 0 Å². The third-order valence-electron chi connectivity index (χ3n) is 3.87. The monoisotopic (exact) mass is 208 g/mol. The zero-order valence-corrected chi connectivity index (χ0v) is 10.2. The van der Waals surface area contributed by atoms with Crippen LogP contribution in [-0.4, -0.2) is 49.6 Å². The summed E-state index contributed by atoms with van der Waals surface area (Å²) >= 11 is 0. The lowest BCUT2D eigenvalue weighted by molar-refractivity contribution is 0.166. The first-order valence-corrected chi connectivity index (χ1v) is 6.30. The topological polar surface area (TPSA) is 6.48 Å². The number of piperidine rings is 1. The fourth-order valence-corrected chi connectivity index (χ4v) is 2.59. The van der Waals surface area contributed by atoms with Crippen LogP contribution in [0.5, 0.6) is 0 Å². The molecule has 1 fully saturated rings. The maximum Gasteiger partial charge on any atom is 0.0165 e. The van der Waals surface area contributed by atoms with Gasteiger partial charge in [-0.3, -0.25) is 4.90 Å². The molecule has 0 saturated carbocycles. The van der Waals surface area contributed by atoms with Crippen LogP contribution in [0.25, 0.3) is 0 Å². The maximum atomic E-state index is 2.63. The molecule has 1 saturated heterocycles. The van der Waals surface area contributed by atoms with E-state index >= 15 is 0 Å². The molecular formula is C13H24N2. The van der Waals surface area contributed by atoms with Gasteiger partial charge >= 0.3 is 0 Å². The highest BCUT2D eigenvalue weighted by Crippen LogP contribution is 2.19. The minimum Gasteiger partial charge on any atom is -0.306 e. The Morgan fingerprint density at radius 3 is 2.60 bits per heavy atom. The van der Waals surface area contributed by atoms with Crippen LogP contribution < -0.4 is 0 Å². The van der Waals surface area contributed by atoms with E-state index in [2.05, 4.69) is 29.8 Å². The Bertz CT molecular complexity index is 227. The summed E-state index contributed by atoms with van der Waals surface area (Å²) in [6.45, 7) is 8.66. The average molecular weight is 208 g/mol. The van der Waals surface area contributed by atoms with Gasteiger partial charge in [0.05, 0.1) is 0 Å². The Kier molecular flexibility index (Phi) is 3.81. The molecule has 0 amide bonds. The van der Waals surface area contributed by atoms with Crippen molar-refractivity contribution in [2.24, 2.45) is 5.92 Å². The molecule has 0 aromatic carbocycles. The summed E-state index contributed by atoms with van der Waals surface area (Å²) < 4.78 is 0. The second kappa shape index (κ2) is 5.13. The smallest absolute Gasteiger partial charge is 0.0165 e. The van der Waals surface area contributed by atoms with Crippen molar-refractivity contribution in [1.82, 2.24) is 9.80 Å². The first-order chi connectivity index (χ1) is 7.24. The van der Waals surface area contributed by atoms with E-state index in [0.29, 0.717) is 0 Å². The third kappa shape index (κ3) is 3.32. The van der Waals surface area contributed by atoms with E-state index in [9.17, 15) is 0 Å². The van der Waals surface area contributed by atoms with E-state index < -0.39 is 0 Å². The van der Waals surface area contributed by atoms with Gasteiger partial charge in [-0.2, -0.15) is 0 Å². The molecule has 0 aromatic heterocycles. The van der Waals surface area contributed by atoms with Crippen LogP contribution in [0.15, 0.2) is 11.6 Å². The Hall–Kier alpha value is -0.340. The first-order valence-electron chi connectivity index (χ1n) is 6.30. The minimum absolute atomic E-state index is 0.952. The molecule has 0 N–H and O–H groups in total. The average Bonchev–Trinajstić information content (AvgIpc) is 2.25. The number of rotatable bonds is 2. The summed E-state index contributed by atoms with van der Waals surface area (Å²) in [6, 6.07) is 0. The number of likely N-dealkylation sites (tertiary alicyclic amines) is 1. The molecule has 2 aliphatic heterocycles. The van der Waals surface area contributed by atoms with Gasteiger partial charge in [0, 0.05) is 19.6 Å². The molecule has 15 heavy (non-hydrogen) atoms. The summed E-state index contributed by atoms with van der Waals surface area (Å²) in [7, 11) is 2.24. The van der Waals surface area contributed by atoms with Crippen molar-refractivity contribution in [1.29, 1.82) is 0 Å². The number of nitrogens with zero attached hydrogens (tertiary/aromatic N) is 2. The molecule has 2 rings (SSSR count). The van der Waals surface area contributed by atoms with E-state index in [4.69, 9.17) is 0 Å². The molecule has 0 spiro atoms. The van der Waals surface area contributed by atoms with Gasteiger partial charge in [-0.05, 0) is 52.2 Å². The van der Waals surface area contributed by atoms with Crippen LogP contribution in [0.4, 0.5) is 0 Å². The van der Waals surface area contributed by atoms with Crippen LogP contribution in [0.3, 0.4) is 0 Å². The summed E-state index contributed by atoms with van der Waals surface area (Å²) in [4.78, 5) is 5.08. The molecule has 0 aromatic rings. The van der Waals surface area contributed by atoms with Gasteiger partial charge in [-0.1, -0.05) is 11.6 Å². The quantitative estimate of drug-likeness (QED) is 0.640. The first kappa shape index (κ1) is 11.2. The lowest BCUT2D eigenvalue weighted by Crippen LogP contribution is -2.38. The predicted octanol–water partition coefficient (Wildman–Crippen LogP) is 1.98. The van der Waals surface area contributed by atoms with E-state index in [-0.39, 0.29) is 0 Å². The third-order valence-corrected chi connectivity index (χ3v) is 3.87. The molecule has 0 bridgehead atoms. The van der Waals surface area contributed by atoms with Gasteiger partial charge in [0.15, 0.2) is 0 Å². The van der Waals surface area contributed by atoms with Crippen LogP contribution >= 0.6 is 0 Å². The fourth-order valence-electron chi connectivity index (χ4n) is 2.59. The summed E-state index contributed by atoms with van der Waals surface area (Å²) in [5.74, 6) is 0.952. The molecule has 0 aliphatic carbocycles. The molecule has 2 heteroatoms. The van der Waals surface area contributed by atoms with E-state index in [1.807, 2.05) is 0 Å². The zero-order valence-electron chi connectivity index (χ0n) is 10.2. The molecule has 86 valence electrons. The number of hydrogen-bond donors (Lipinski definition) is 0. The Morgan fingerprint density at radius 1 is 1.27 bits per heavy atom. The van der Waals surface area contributed by atoms with Crippen LogP contribution in [0, 0.1) is 5.92 Å². The van der Waals surface area contributed by atoms with Crippen LogP contribution in [0.1, 0.15) is 26.2 Å². The normalized spacial score (nSPS) is 26.7. The lowest BCUT2D eigenvalue weighted by Gasteiger charge is -2.34. The lowest BCUT2D eigenvalue weighted by atomic mass is 9.96. The minimum atomic E-state index is 0.952. The van der Waals surface area contributed by atoms with Gasteiger partial charge in [0.25, 0.3) is 0 Å². The highest BCUT2D eigenvalue weighted by molar-refractivity contribution is 5.03. The van der Waals surface area contributed by atoms with E-state index in [1.54, 1.807) is 5.57 Å². The molecular weight excluding hydrogens is 184 g/mol. The molecule has 0 unspecified atom stereocenters. The molecule has 0 radical (unpaired) electrons. The van der Waals surface area contributed by atoms with Crippen molar-refractivity contribution in [3.63, 3.8) is 0 Å². The summed E-state index contributed by atoms with van der Waals surface area (Å²) in [6.07, 6.45) is 6.48. The van der Waals surface area contributed by atoms with Crippen LogP contribution in [-0.2, 0) is 0 Å². The van der Waals surface area contributed by atoms with Gasteiger partial charge in [0.1, 0.15) is 0 Å². The molecule has 2 nitrogen and oxygen atoms in total. The highest BCUT2D eigenvalue weighted by atomic mass is 15.1. The van der Waals surface area contributed by atoms with E-state index in [0.717, 1.165) is 5.92 Å². The van der Waals surface area contributed by atoms with Gasteiger partial charge in [0.2, 0.25) is 0 Å². The van der Waals surface area contributed by atoms with Crippen molar-refractivity contribution < 1.29 is 0 Å². The molecule has 2 aliphatic rings. The van der Waals surface area contributed by atoms with Gasteiger partial charge in [-0.15, -0.1) is 0 Å². The van der Waals surface area contributed by atoms with E-state index in [1.165, 1.54) is 52.0 Å². The van der Waals surface area contributed by atoms with Crippen molar-refractivity contribution in [2.75, 3.05) is 39.8 Å². The second-order valence-electron chi connectivity index (χ2n) is 5.31. The van der Waals surface area contributed by atoms with Crippen molar-refractivity contribution in [2.45, 2.75) is 26.2 Å². The Labute approximate surface area is 93.9 Å². The van der Waals surface area contributed by atoms with Crippen molar-refractivity contribution >= 4 is 0 Å². The van der Waals surface area contributed by atoms with Gasteiger partial charge < -0.3 is 4.90 Å². The standard InChI is InChI=1S/C13H24N2/c1-12-3-9-15(10-4-12)11-13-5-7-14(2)8-6-13/h3,13H,4-11H2,1-2H3. The second-order valence-corrected chi connectivity index (χ2v) is 5.31. The van der Waals surface area contributed by atoms with Crippen molar-refractivity contribution in [3.05, 3.63) is 11.6 Å². The largest absolute Gasteiger partial charge is 0.306 e. The Morgan fingerprint density at radius 2 is 2.00 bits per heavy atom. The summed E-state index contributed by atoms with van der Waals surface area (Å²) in [5.41, 5.74) is 1.58. The SMILES string of the molecule is CC1=CCN(CC2CCN(C)CC2)CC1. The van der Waals surface area contributed by atoms with Crippen molar-refractivity contribution in [3.8, 4) is 0 Å². The van der Waals surface area contributed by atoms with Gasteiger partial charge in [-0.25, -0.2) is 0 Å². The Balaban J connectivity index is 1.73. The maximum absolute atomic E-state index is 2.63. The predicted molar refractivity (Wildman–Crippen MR) is 65.0 cm³/mol. The number of hydrogen-bond acceptors (Lipinski definition) is 2. The molecule has 2 heterocycles. The summed E-state index contributed by atoms with van der Waals surface area (Å²) in [5, 5.41) is 0. The fraction of sp³-hybridized carbons (Fsp3) is 0.846.